The first kappa shape index (κ1) is 18.4. The molecule has 0 bridgehead atoms. The molecule has 4 rings (SSSR count). The third-order valence-electron chi connectivity index (χ3n) is 4.95. The molecule has 9 heteroatoms. The lowest BCUT2D eigenvalue weighted by atomic mass is 10.1. The summed E-state index contributed by atoms with van der Waals surface area (Å²) in [6, 6.07) is 3.52. The number of carbonyl (C=O) groups excluding carboxylic acids is 1. The summed E-state index contributed by atoms with van der Waals surface area (Å²) in [6.07, 6.45) is 7.01. The van der Waals surface area contributed by atoms with Crippen LogP contribution in [0.15, 0.2) is 36.3 Å². The predicted molar refractivity (Wildman–Crippen MR) is 107 cm³/mol. The van der Waals surface area contributed by atoms with Gasteiger partial charge in [-0.25, -0.2) is 9.97 Å². The van der Waals surface area contributed by atoms with Crippen LogP contribution in [0.4, 0.5) is 10.2 Å². The monoisotopic (exact) mass is 400 g/mol. The minimum absolute atomic E-state index is 0.207. The van der Waals surface area contributed by atoms with Crippen LogP contribution in [0.5, 0.6) is 0 Å². The predicted octanol–water partition coefficient (Wildman–Crippen LogP) is 2.22. The van der Waals surface area contributed by atoms with Gasteiger partial charge in [-0.15, -0.1) is 11.3 Å². The highest BCUT2D eigenvalue weighted by molar-refractivity contribution is 7.17. The summed E-state index contributed by atoms with van der Waals surface area (Å²) in [4.78, 5) is 25.6. The van der Waals surface area contributed by atoms with Gasteiger partial charge in [-0.1, -0.05) is 0 Å². The molecule has 1 saturated heterocycles. The second-order valence-corrected chi connectivity index (χ2v) is 7.65. The Hall–Kier alpha value is -2.94. The Balaban J connectivity index is 1.63. The molecule has 2 aliphatic heterocycles. The molecule has 146 valence electrons. The first-order valence-electron chi connectivity index (χ1n) is 9.16. The van der Waals surface area contributed by atoms with Gasteiger partial charge in [0.25, 0.3) is 5.91 Å². The fourth-order valence-electron chi connectivity index (χ4n) is 3.53. The maximum Gasteiger partial charge on any atom is 0.270 e. The molecule has 1 amide bonds. The number of nitrogens with zero attached hydrogens (tertiary/aromatic N) is 4. The quantitative estimate of drug-likeness (QED) is 0.603. The van der Waals surface area contributed by atoms with Crippen molar-refractivity contribution < 1.29 is 9.18 Å². The summed E-state index contributed by atoms with van der Waals surface area (Å²) in [7, 11) is 0. The van der Waals surface area contributed by atoms with Crippen molar-refractivity contribution in [2.45, 2.75) is 19.3 Å². The maximum absolute atomic E-state index is 14.7. The van der Waals surface area contributed by atoms with E-state index in [0.717, 1.165) is 25.9 Å². The molecule has 2 aliphatic rings. The van der Waals surface area contributed by atoms with E-state index in [1.54, 1.807) is 17.0 Å². The normalized spacial score (nSPS) is 17.6. The van der Waals surface area contributed by atoms with E-state index in [4.69, 9.17) is 11.5 Å². The average Bonchev–Trinajstić information content (AvgIpc) is 3.37. The molecule has 0 radical (unpaired) electrons. The number of allylic oxidation sites excluding steroid dienone is 1. The van der Waals surface area contributed by atoms with Gasteiger partial charge in [0.15, 0.2) is 0 Å². The van der Waals surface area contributed by atoms with Crippen molar-refractivity contribution in [1.29, 1.82) is 0 Å². The van der Waals surface area contributed by atoms with Crippen LogP contribution in [0.3, 0.4) is 0 Å². The molecule has 7 nitrogen and oxygen atoms in total. The Bertz CT molecular complexity index is 963. The zero-order valence-electron chi connectivity index (χ0n) is 15.3. The van der Waals surface area contributed by atoms with Crippen LogP contribution in [0.25, 0.3) is 10.6 Å². The fourth-order valence-corrected chi connectivity index (χ4v) is 4.61. The van der Waals surface area contributed by atoms with Crippen molar-refractivity contribution in [3.8, 4) is 10.6 Å². The van der Waals surface area contributed by atoms with Gasteiger partial charge in [-0.05, 0) is 37.3 Å². The Morgan fingerprint density at radius 3 is 2.64 bits per heavy atom. The summed E-state index contributed by atoms with van der Waals surface area (Å²) < 4.78 is 14.7. The molecule has 4 heterocycles. The summed E-state index contributed by atoms with van der Waals surface area (Å²) in [5.74, 6) is -0.121. The number of carbonyl (C=O) groups is 1. The highest BCUT2D eigenvalue weighted by Crippen LogP contribution is 2.34. The van der Waals surface area contributed by atoms with E-state index in [-0.39, 0.29) is 5.91 Å². The largest absolute Gasteiger partial charge is 0.405 e. The number of pyridine rings is 1. The third kappa shape index (κ3) is 3.22. The number of amides is 1. The van der Waals surface area contributed by atoms with Gasteiger partial charge in [-0.2, -0.15) is 4.39 Å². The van der Waals surface area contributed by atoms with Crippen molar-refractivity contribution in [3.63, 3.8) is 0 Å². The number of hydrogen-bond acceptors (Lipinski definition) is 7. The van der Waals surface area contributed by atoms with Gasteiger partial charge in [0.1, 0.15) is 15.7 Å². The van der Waals surface area contributed by atoms with Gasteiger partial charge in [0.2, 0.25) is 5.95 Å². The van der Waals surface area contributed by atoms with Gasteiger partial charge >= 0.3 is 0 Å². The number of rotatable bonds is 4. The number of aromatic nitrogens is 2. The van der Waals surface area contributed by atoms with Crippen molar-refractivity contribution >= 4 is 23.1 Å². The van der Waals surface area contributed by atoms with E-state index in [0.29, 0.717) is 45.6 Å². The van der Waals surface area contributed by atoms with E-state index in [2.05, 4.69) is 14.9 Å². The minimum atomic E-state index is -0.562. The topological polar surface area (TPSA) is 101 Å². The van der Waals surface area contributed by atoms with Gasteiger partial charge in [0.05, 0.1) is 17.0 Å². The lowest BCUT2D eigenvalue weighted by molar-refractivity contribution is 0.0801. The zero-order valence-corrected chi connectivity index (χ0v) is 16.1. The van der Waals surface area contributed by atoms with Crippen molar-refractivity contribution in [2.24, 2.45) is 11.5 Å². The number of thiazole rings is 1. The van der Waals surface area contributed by atoms with Crippen LogP contribution in [0.1, 0.15) is 28.2 Å². The Morgan fingerprint density at radius 2 is 1.96 bits per heavy atom. The molecule has 0 aromatic carbocycles. The van der Waals surface area contributed by atoms with Crippen LogP contribution < -0.4 is 16.4 Å². The number of anilines is 1. The van der Waals surface area contributed by atoms with Crippen LogP contribution in [-0.2, 0) is 6.42 Å². The van der Waals surface area contributed by atoms with E-state index < -0.39 is 5.95 Å². The lowest BCUT2D eigenvalue weighted by Gasteiger charge is -2.26. The molecule has 0 saturated carbocycles. The smallest absolute Gasteiger partial charge is 0.270 e. The number of hydrogen-bond donors (Lipinski definition) is 2. The molecule has 2 aromatic heterocycles. The number of fused-ring (bicyclic) bond motifs is 1. The van der Waals surface area contributed by atoms with Crippen molar-refractivity contribution in [1.82, 2.24) is 14.9 Å². The van der Waals surface area contributed by atoms with Crippen LogP contribution >= 0.6 is 11.3 Å². The Morgan fingerprint density at radius 1 is 1.18 bits per heavy atom. The summed E-state index contributed by atoms with van der Waals surface area (Å²) in [5.41, 5.74) is 12.6. The summed E-state index contributed by atoms with van der Waals surface area (Å²) in [5, 5.41) is 0.464. The van der Waals surface area contributed by atoms with Crippen LogP contribution in [0.2, 0.25) is 0 Å². The molecule has 2 aromatic rings. The molecule has 4 N–H and O–H groups in total. The van der Waals surface area contributed by atoms with E-state index >= 15 is 0 Å². The first-order chi connectivity index (χ1) is 13.6. The number of halogens is 1. The molecule has 0 aliphatic carbocycles. The van der Waals surface area contributed by atoms with E-state index in [1.807, 2.05) is 6.07 Å². The summed E-state index contributed by atoms with van der Waals surface area (Å²) >= 11 is 1.18. The first-order valence-corrected chi connectivity index (χ1v) is 9.97. The van der Waals surface area contributed by atoms with E-state index in [9.17, 15) is 9.18 Å². The highest BCUT2D eigenvalue weighted by atomic mass is 32.1. The molecule has 0 atom stereocenters. The SMILES string of the molecule is N/C=C\C(=C/N)N1CCc2nc(-c3ccc(N4CCCC4)nc3F)sc2C1=O. The Labute approximate surface area is 166 Å². The second-order valence-electron chi connectivity index (χ2n) is 6.65. The molecule has 28 heavy (non-hydrogen) atoms. The lowest BCUT2D eigenvalue weighted by Crippen LogP contribution is -2.36. The molecule has 0 unspecified atom stereocenters. The number of nitrogens with two attached hydrogens (primary N) is 2. The maximum atomic E-state index is 14.7. The minimum Gasteiger partial charge on any atom is -0.405 e. The third-order valence-corrected chi connectivity index (χ3v) is 6.07. The van der Waals surface area contributed by atoms with Crippen LogP contribution in [0, 0.1) is 5.95 Å². The van der Waals surface area contributed by atoms with Crippen molar-refractivity contribution in [2.75, 3.05) is 24.5 Å². The molecular weight excluding hydrogens is 379 g/mol. The molecule has 1 fully saturated rings. The van der Waals surface area contributed by atoms with Gasteiger partial charge in [0, 0.05) is 32.3 Å². The highest BCUT2D eigenvalue weighted by Gasteiger charge is 2.30. The standard InChI is InChI=1S/C19H21FN6OS/c20-17-13(3-4-15(24-17)25-8-1-2-9-25)18-23-14-6-10-26(12(11-22)5-7-21)19(27)16(14)28-18/h3-5,7,11H,1-2,6,8-10,21-22H2/b7-5-,12-11+. The van der Waals surface area contributed by atoms with Gasteiger partial charge < -0.3 is 21.3 Å². The zero-order chi connectivity index (χ0) is 19.7. The second kappa shape index (κ2) is 7.59. The van der Waals surface area contributed by atoms with Crippen LogP contribution in [-0.4, -0.2) is 40.4 Å². The van der Waals surface area contributed by atoms with Gasteiger partial charge in [-0.3, -0.25) is 4.79 Å². The average molecular weight is 400 g/mol. The molecule has 0 spiro atoms. The molecular formula is C19H21FN6OS. The Kier molecular flexibility index (Phi) is 4.99. The summed E-state index contributed by atoms with van der Waals surface area (Å²) in [6.45, 7) is 2.24. The van der Waals surface area contributed by atoms with Crippen molar-refractivity contribution in [3.05, 3.63) is 52.8 Å². The fraction of sp³-hybridized carbons (Fsp3) is 0.316. The van der Waals surface area contributed by atoms with E-state index in [1.165, 1.54) is 23.7 Å².